The van der Waals surface area contributed by atoms with E-state index < -0.39 is 0 Å². The van der Waals surface area contributed by atoms with Crippen LogP contribution < -0.4 is 5.32 Å². The molecule has 1 heterocycles. The lowest BCUT2D eigenvalue weighted by Gasteiger charge is -2.29. The van der Waals surface area contributed by atoms with Gasteiger partial charge in [-0.2, -0.15) is 0 Å². The smallest absolute Gasteiger partial charge is 0.203 e. The van der Waals surface area contributed by atoms with Crippen LogP contribution in [0.5, 0.6) is 0 Å². The Labute approximate surface area is 111 Å². The lowest BCUT2D eigenvalue weighted by molar-refractivity contribution is 0.265. The van der Waals surface area contributed by atoms with Crippen LogP contribution in [0.25, 0.3) is 0 Å². The molecule has 0 bridgehead atoms. The van der Waals surface area contributed by atoms with Gasteiger partial charge in [-0.3, -0.25) is 0 Å². The van der Waals surface area contributed by atoms with Gasteiger partial charge in [0.2, 0.25) is 5.95 Å². The van der Waals surface area contributed by atoms with Gasteiger partial charge in [0.05, 0.1) is 5.69 Å². The largest absolute Gasteiger partial charge is 0.353 e. The van der Waals surface area contributed by atoms with E-state index in [9.17, 15) is 0 Å². The number of aryl methyl sites for hydroxylation is 1. The van der Waals surface area contributed by atoms with Gasteiger partial charge in [-0.1, -0.05) is 19.3 Å². The molecular weight excluding hydrogens is 222 g/mol. The van der Waals surface area contributed by atoms with Gasteiger partial charge in [-0.25, -0.2) is 4.98 Å². The fraction of sp³-hybridized carbons (Fsp3) is 0.800. The average molecular weight is 249 g/mol. The molecule has 3 nitrogen and oxygen atoms in total. The molecule has 1 aliphatic rings. The van der Waals surface area contributed by atoms with Gasteiger partial charge in [0.15, 0.2) is 0 Å². The summed E-state index contributed by atoms with van der Waals surface area (Å²) in [6, 6.07) is 0.997. The number of anilines is 1. The highest BCUT2D eigenvalue weighted by Crippen LogP contribution is 2.34. The molecule has 1 N–H and O–H groups in total. The summed E-state index contributed by atoms with van der Waals surface area (Å²) in [5.74, 6) is 1.86. The number of nitrogens with zero attached hydrogens (tertiary/aromatic N) is 2. The molecule has 0 amide bonds. The summed E-state index contributed by atoms with van der Waals surface area (Å²) in [6.07, 6.45) is 9.16. The van der Waals surface area contributed by atoms with Crippen LogP contribution in [-0.4, -0.2) is 15.6 Å². The molecule has 1 aliphatic carbocycles. The van der Waals surface area contributed by atoms with E-state index in [2.05, 4.69) is 48.8 Å². The summed E-state index contributed by atoms with van der Waals surface area (Å²) in [6.45, 7) is 8.76. The van der Waals surface area contributed by atoms with Crippen molar-refractivity contribution in [2.75, 3.05) is 5.32 Å². The SMILES string of the molecule is Cc1cn(C(C)C2CCCCC2)c(NC(C)C)n1. The Balaban J connectivity index is 2.14. The molecule has 18 heavy (non-hydrogen) atoms. The Morgan fingerprint density at radius 1 is 1.22 bits per heavy atom. The lowest BCUT2D eigenvalue weighted by Crippen LogP contribution is -2.22. The van der Waals surface area contributed by atoms with E-state index >= 15 is 0 Å². The highest BCUT2D eigenvalue weighted by Gasteiger charge is 2.23. The second-order valence-corrected chi connectivity index (χ2v) is 6.05. The van der Waals surface area contributed by atoms with Crippen LogP contribution in [0.3, 0.4) is 0 Å². The van der Waals surface area contributed by atoms with Crippen LogP contribution in [0, 0.1) is 12.8 Å². The predicted molar refractivity (Wildman–Crippen MR) is 77.0 cm³/mol. The molecule has 1 aromatic heterocycles. The molecule has 3 heteroatoms. The van der Waals surface area contributed by atoms with Crippen molar-refractivity contribution in [3.05, 3.63) is 11.9 Å². The molecule has 2 rings (SSSR count). The molecule has 1 unspecified atom stereocenters. The van der Waals surface area contributed by atoms with Crippen LogP contribution >= 0.6 is 0 Å². The maximum Gasteiger partial charge on any atom is 0.203 e. The van der Waals surface area contributed by atoms with Gasteiger partial charge >= 0.3 is 0 Å². The fourth-order valence-electron chi connectivity index (χ4n) is 3.04. The quantitative estimate of drug-likeness (QED) is 0.868. The topological polar surface area (TPSA) is 29.9 Å². The van der Waals surface area contributed by atoms with E-state index in [1.54, 1.807) is 0 Å². The molecule has 1 atom stereocenters. The first-order valence-corrected chi connectivity index (χ1v) is 7.40. The predicted octanol–water partition coefficient (Wildman–Crippen LogP) is 4.15. The van der Waals surface area contributed by atoms with Crippen molar-refractivity contribution in [3.63, 3.8) is 0 Å². The van der Waals surface area contributed by atoms with Gasteiger partial charge in [0, 0.05) is 18.3 Å². The number of nitrogens with one attached hydrogen (secondary N) is 1. The van der Waals surface area contributed by atoms with Gasteiger partial charge in [-0.15, -0.1) is 0 Å². The Morgan fingerprint density at radius 2 is 1.89 bits per heavy atom. The van der Waals surface area contributed by atoms with Gasteiger partial charge in [0.25, 0.3) is 0 Å². The standard InChI is InChI=1S/C15H27N3/c1-11(2)16-15-17-12(3)10-18(15)13(4)14-8-6-5-7-9-14/h10-11,13-14H,5-9H2,1-4H3,(H,16,17). The third-order valence-electron chi connectivity index (χ3n) is 4.04. The van der Waals surface area contributed by atoms with E-state index in [0.717, 1.165) is 17.6 Å². The van der Waals surface area contributed by atoms with Gasteiger partial charge in [0.1, 0.15) is 0 Å². The number of hydrogen-bond donors (Lipinski definition) is 1. The Morgan fingerprint density at radius 3 is 2.50 bits per heavy atom. The first kappa shape index (κ1) is 13.4. The normalized spacial score (nSPS) is 19.2. The average Bonchev–Trinajstić information content (AvgIpc) is 2.69. The van der Waals surface area contributed by atoms with Crippen molar-refractivity contribution in [1.82, 2.24) is 9.55 Å². The van der Waals surface area contributed by atoms with E-state index in [1.165, 1.54) is 32.1 Å². The third-order valence-corrected chi connectivity index (χ3v) is 4.04. The Kier molecular flexibility index (Phi) is 4.31. The van der Waals surface area contributed by atoms with E-state index in [4.69, 9.17) is 0 Å². The monoisotopic (exact) mass is 249 g/mol. The van der Waals surface area contributed by atoms with Crippen LogP contribution in [0.15, 0.2) is 6.20 Å². The van der Waals surface area contributed by atoms with Crippen molar-refractivity contribution < 1.29 is 0 Å². The molecule has 102 valence electrons. The van der Waals surface area contributed by atoms with Crippen molar-refractivity contribution in [2.24, 2.45) is 5.92 Å². The Bertz CT molecular complexity index is 375. The van der Waals surface area contributed by atoms with Gasteiger partial charge < -0.3 is 9.88 Å². The molecule has 0 aliphatic heterocycles. The number of hydrogen-bond acceptors (Lipinski definition) is 2. The van der Waals surface area contributed by atoms with E-state index in [-0.39, 0.29) is 0 Å². The zero-order chi connectivity index (χ0) is 13.1. The molecule has 0 saturated heterocycles. The molecule has 0 spiro atoms. The van der Waals surface area contributed by atoms with Gasteiger partial charge in [-0.05, 0) is 46.5 Å². The first-order valence-electron chi connectivity index (χ1n) is 7.40. The van der Waals surface area contributed by atoms with E-state index in [1.807, 2.05) is 0 Å². The highest BCUT2D eigenvalue weighted by atomic mass is 15.2. The number of imidazole rings is 1. The van der Waals surface area contributed by atoms with Crippen LogP contribution in [0.4, 0.5) is 5.95 Å². The maximum atomic E-state index is 4.62. The maximum absolute atomic E-state index is 4.62. The zero-order valence-electron chi connectivity index (χ0n) is 12.2. The minimum absolute atomic E-state index is 0.434. The molecular formula is C15H27N3. The highest BCUT2D eigenvalue weighted by molar-refractivity contribution is 5.30. The van der Waals surface area contributed by atoms with E-state index in [0.29, 0.717) is 12.1 Å². The summed E-state index contributed by atoms with van der Waals surface area (Å²) in [5, 5.41) is 3.47. The molecule has 0 aromatic carbocycles. The second kappa shape index (κ2) is 5.77. The summed E-state index contributed by atoms with van der Waals surface area (Å²) < 4.78 is 2.35. The van der Waals surface area contributed by atoms with Crippen molar-refractivity contribution in [1.29, 1.82) is 0 Å². The minimum Gasteiger partial charge on any atom is -0.353 e. The van der Waals surface area contributed by atoms with Crippen LogP contribution in [0.2, 0.25) is 0 Å². The lowest BCUT2D eigenvalue weighted by atomic mass is 9.84. The zero-order valence-corrected chi connectivity index (χ0v) is 12.2. The second-order valence-electron chi connectivity index (χ2n) is 6.05. The number of aromatic nitrogens is 2. The Hall–Kier alpha value is -0.990. The minimum atomic E-state index is 0.434. The first-order chi connectivity index (χ1) is 8.58. The van der Waals surface area contributed by atoms with Crippen LogP contribution in [0.1, 0.15) is 64.6 Å². The molecule has 1 fully saturated rings. The summed E-state index contributed by atoms with van der Waals surface area (Å²) in [7, 11) is 0. The van der Waals surface area contributed by atoms with Crippen molar-refractivity contribution in [3.8, 4) is 0 Å². The summed E-state index contributed by atoms with van der Waals surface area (Å²) >= 11 is 0. The molecule has 0 radical (unpaired) electrons. The number of rotatable bonds is 4. The molecule has 1 aromatic rings. The van der Waals surface area contributed by atoms with Crippen molar-refractivity contribution >= 4 is 5.95 Å². The van der Waals surface area contributed by atoms with Crippen LogP contribution in [-0.2, 0) is 0 Å². The molecule has 1 saturated carbocycles. The fourth-order valence-corrected chi connectivity index (χ4v) is 3.04. The van der Waals surface area contributed by atoms with Crippen molar-refractivity contribution in [2.45, 2.75) is 71.9 Å². The summed E-state index contributed by atoms with van der Waals surface area (Å²) in [4.78, 5) is 4.62. The summed E-state index contributed by atoms with van der Waals surface area (Å²) in [5.41, 5.74) is 1.11. The third kappa shape index (κ3) is 3.06.